The van der Waals surface area contributed by atoms with Gasteiger partial charge in [0.2, 0.25) is 11.8 Å². The molecular weight excluding hydrogens is 350 g/mol. The molecule has 0 fully saturated rings. The van der Waals surface area contributed by atoms with E-state index in [1.165, 1.54) is 0 Å². The Balaban J connectivity index is 2.41. The van der Waals surface area contributed by atoms with Crippen LogP contribution in [-0.2, 0) is 30.6 Å². The molecule has 0 aromatic heterocycles. The largest absolute Gasteiger partial charge is 0.480 e. The van der Waals surface area contributed by atoms with E-state index in [9.17, 15) is 22.8 Å². The predicted octanol–water partition coefficient (Wildman–Crippen LogP) is -1.37. The van der Waals surface area contributed by atoms with Crippen LogP contribution in [-0.4, -0.2) is 55.5 Å². The number of carbonyl (C=O) groups excluding carboxylic acids is 2. The smallest absolute Gasteiger partial charge is 0.322 e. The van der Waals surface area contributed by atoms with Crippen LogP contribution in [0.1, 0.15) is 12.0 Å². The van der Waals surface area contributed by atoms with E-state index in [1.807, 2.05) is 30.3 Å². The first-order valence-electron chi connectivity index (χ1n) is 7.37. The van der Waals surface area contributed by atoms with Gasteiger partial charge in [-0.3, -0.25) is 14.4 Å². The number of benzene rings is 1. The number of carbonyl (C=O) groups is 3. The highest BCUT2D eigenvalue weighted by Crippen LogP contribution is 2.05. The lowest BCUT2D eigenvalue weighted by atomic mass is 10.1. The molecule has 1 unspecified atom stereocenters. The highest BCUT2D eigenvalue weighted by atomic mass is 32.2. The number of hydrogen-bond acceptors (Lipinski definition) is 6. The van der Waals surface area contributed by atoms with Crippen molar-refractivity contribution in [3.63, 3.8) is 0 Å². The van der Waals surface area contributed by atoms with Gasteiger partial charge in [-0.15, -0.1) is 0 Å². The number of sulfone groups is 1. The van der Waals surface area contributed by atoms with Crippen molar-refractivity contribution in [2.24, 2.45) is 5.73 Å². The van der Waals surface area contributed by atoms with Gasteiger partial charge in [-0.05, 0) is 12.0 Å². The summed E-state index contributed by atoms with van der Waals surface area (Å²) in [5, 5.41) is 11.6. The molecule has 9 nitrogen and oxygen atoms in total. The first-order chi connectivity index (χ1) is 11.6. The maximum Gasteiger partial charge on any atom is 0.322 e. The van der Waals surface area contributed by atoms with E-state index in [2.05, 4.69) is 10.6 Å². The summed E-state index contributed by atoms with van der Waals surface area (Å²) < 4.78 is 22.6. The van der Waals surface area contributed by atoms with E-state index >= 15 is 0 Å². The molecule has 1 rings (SSSR count). The van der Waals surface area contributed by atoms with Gasteiger partial charge in [0.15, 0.2) is 15.1 Å². The summed E-state index contributed by atoms with van der Waals surface area (Å²) in [6, 6.07) is 8.31. The van der Waals surface area contributed by atoms with Crippen LogP contribution in [0.15, 0.2) is 30.3 Å². The van der Waals surface area contributed by atoms with Crippen LogP contribution < -0.4 is 16.4 Å². The quantitative estimate of drug-likeness (QED) is 0.390. The lowest BCUT2D eigenvalue weighted by molar-refractivity contribution is -0.138. The normalized spacial score (nSPS) is 13.5. The molecule has 0 saturated heterocycles. The molecule has 25 heavy (non-hydrogen) atoms. The second-order valence-electron chi connectivity index (χ2n) is 5.47. The molecule has 1 aromatic rings. The zero-order valence-electron chi connectivity index (χ0n) is 13.6. The zero-order valence-corrected chi connectivity index (χ0v) is 14.5. The summed E-state index contributed by atoms with van der Waals surface area (Å²) in [4.78, 5) is 34.3. The molecule has 2 atom stereocenters. The third-order valence-electron chi connectivity index (χ3n) is 3.35. The minimum atomic E-state index is -3.92. The van der Waals surface area contributed by atoms with Crippen LogP contribution in [0, 0.1) is 0 Å². The van der Waals surface area contributed by atoms with Crippen LogP contribution in [0.5, 0.6) is 0 Å². The van der Waals surface area contributed by atoms with Crippen LogP contribution in [0.2, 0.25) is 0 Å². The number of nitrogens with one attached hydrogen (secondary N) is 2. The lowest BCUT2D eigenvalue weighted by Crippen LogP contribution is -2.47. The predicted molar refractivity (Wildman–Crippen MR) is 90.2 cm³/mol. The van der Waals surface area contributed by atoms with E-state index in [0.29, 0.717) is 6.42 Å². The molecule has 138 valence electrons. The molecule has 0 aliphatic rings. The fourth-order valence-corrected chi connectivity index (χ4v) is 2.80. The van der Waals surface area contributed by atoms with E-state index in [1.54, 1.807) is 0 Å². The van der Waals surface area contributed by atoms with Crippen molar-refractivity contribution in [1.82, 2.24) is 10.6 Å². The van der Waals surface area contributed by atoms with Crippen molar-refractivity contribution in [2.75, 3.05) is 12.9 Å². The molecule has 0 heterocycles. The van der Waals surface area contributed by atoms with Gasteiger partial charge < -0.3 is 21.5 Å². The highest BCUT2D eigenvalue weighted by molar-refractivity contribution is 7.92. The summed E-state index contributed by atoms with van der Waals surface area (Å²) in [7, 11) is -3.92. The molecular formula is C15H21N3O6S. The van der Waals surface area contributed by atoms with Gasteiger partial charge in [-0.2, -0.15) is 0 Å². The average molecular weight is 371 g/mol. The van der Waals surface area contributed by atoms with Crippen LogP contribution in [0.4, 0.5) is 0 Å². The van der Waals surface area contributed by atoms with E-state index in [-0.39, 0.29) is 6.67 Å². The number of rotatable bonds is 9. The lowest BCUT2D eigenvalue weighted by Gasteiger charge is -2.14. The number of nitrogens with two attached hydrogens (primary N) is 1. The number of carboxylic acid groups (broad SMARTS) is 1. The Morgan fingerprint density at radius 2 is 1.76 bits per heavy atom. The minimum Gasteiger partial charge on any atom is -0.480 e. The fraction of sp³-hybridized carbons (Fsp3) is 0.400. The molecule has 5 N–H and O–H groups in total. The van der Waals surface area contributed by atoms with E-state index < -0.39 is 45.3 Å². The molecule has 2 amide bonds. The molecule has 0 bridgehead atoms. The number of amides is 2. The SMILES string of the molecule is CS(=O)(=O)C(CC(=O)NCNC(=O)[C@@H](N)Cc1ccccc1)C(=O)O. The van der Waals surface area contributed by atoms with Crippen molar-refractivity contribution >= 4 is 27.6 Å². The Kier molecular flexibility index (Phi) is 7.52. The second kappa shape index (κ2) is 9.14. The van der Waals surface area contributed by atoms with Crippen molar-refractivity contribution in [1.29, 1.82) is 0 Å². The molecule has 0 aliphatic heterocycles. The number of aliphatic carboxylic acids is 1. The molecule has 0 saturated carbocycles. The molecule has 0 aliphatic carbocycles. The average Bonchev–Trinajstić information content (AvgIpc) is 2.52. The van der Waals surface area contributed by atoms with Gasteiger partial charge in [-0.1, -0.05) is 30.3 Å². The number of hydrogen-bond donors (Lipinski definition) is 4. The van der Waals surface area contributed by atoms with Crippen LogP contribution in [0.25, 0.3) is 0 Å². The molecule has 1 aromatic carbocycles. The summed E-state index contributed by atoms with van der Waals surface area (Å²) in [6.45, 7) is -0.281. The fourth-order valence-electron chi connectivity index (χ4n) is 1.98. The van der Waals surface area contributed by atoms with Gasteiger partial charge in [0.1, 0.15) is 0 Å². The first kappa shape index (κ1) is 20.6. The third-order valence-corrected chi connectivity index (χ3v) is 4.75. The minimum absolute atomic E-state index is 0.281. The van der Waals surface area contributed by atoms with Gasteiger partial charge >= 0.3 is 5.97 Å². The Hall–Kier alpha value is -2.46. The Bertz CT molecular complexity index is 720. The zero-order chi connectivity index (χ0) is 19.0. The second-order valence-corrected chi connectivity index (χ2v) is 7.70. The Labute approximate surface area is 145 Å². The summed E-state index contributed by atoms with van der Waals surface area (Å²) in [5.74, 6) is -2.91. The highest BCUT2D eigenvalue weighted by Gasteiger charge is 2.31. The summed E-state index contributed by atoms with van der Waals surface area (Å²) >= 11 is 0. The van der Waals surface area contributed by atoms with E-state index in [0.717, 1.165) is 11.8 Å². The molecule has 0 radical (unpaired) electrons. The number of carboxylic acids is 1. The monoisotopic (exact) mass is 371 g/mol. The topological polar surface area (TPSA) is 156 Å². The third kappa shape index (κ3) is 7.31. The first-order valence-corrected chi connectivity index (χ1v) is 9.32. The van der Waals surface area contributed by atoms with Gasteiger partial charge in [0.25, 0.3) is 0 Å². The summed E-state index contributed by atoms with van der Waals surface area (Å²) in [6.07, 6.45) is 0.319. The maximum atomic E-state index is 11.8. The van der Waals surface area contributed by atoms with Crippen molar-refractivity contribution < 1.29 is 27.9 Å². The Morgan fingerprint density at radius 3 is 2.28 bits per heavy atom. The maximum absolute atomic E-state index is 11.8. The molecule has 10 heteroatoms. The Morgan fingerprint density at radius 1 is 1.16 bits per heavy atom. The molecule has 0 spiro atoms. The van der Waals surface area contributed by atoms with Crippen molar-refractivity contribution in [3.8, 4) is 0 Å². The van der Waals surface area contributed by atoms with E-state index in [4.69, 9.17) is 10.8 Å². The van der Waals surface area contributed by atoms with Crippen LogP contribution in [0.3, 0.4) is 0 Å². The van der Waals surface area contributed by atoms with Gasteiger partial charge in [0.05, 0.1) is 19.1 Å². The van der Waals surface area contributed by atoms with Crippen molar-refractivity contribution in [3.05, 3.63) is 35.9 Å². The van der Waals surface area contributed by atoms with Gasteiger partial charge in [0, 0.05) is 6.26 Å². The summed E-state index contributed by atoms with van der Waals surface area (Å²) in [5.41, 5.74) is 6.64. The van der Waals surface area contributed by atoms with Gasteiger partial charge in [-0.25, -0.2) is 8.42 Å². The van der Waals surface area contributed by atoms with Crippen LogP contribution >= 0.6 is 0 Å². The standard InChI is InChI=1S/C15H21N3O6S/c1-25(23,24)12(15(21)22)8-13(19)17-9-18-14(20)11(16)7-10-5-3-2-4-6-10/h2-6,11-12H,7-9,16H2,1H3,(H,17,19)(H,18,20)(H,21,22)/t11-,12?/m0/s1. The van der Waals surface area contributed by atoms with Crippen molar-refractivity contribution in [2.45, 2.75) is 24.1 Å².